The molecule has 0 bridgehead atoms. The molecule has 1 N–H and O–H groups in total. The van der Waals surface area contributed by atoms with Crippen molar-refractivity contribution in [3.05, 3.63) is 34.4 Å². The zero-order valence-corrected chi connectivity index (χ0v) is 15.3. The topological polar surface area (TPSA) is 15.3 Å². The standard InChI is InChI=1S/C19H34N2/c1-9-19(10-2,21(7)8)18(20-11-3)17-13-15(5)14(4)12-16(17)6/h12-13,18,20H,9-11H2,1-8H3. The number of hydrogen-bond acceptors (Lipinski definition) is 2. The van der Waals surface area contributed by atoms with Crippen molar-refractivity contribution in [1.29, 1.82) is 0 Å². The molecule has 0 aliphatic rings. The lowest BCUT2D eigenvalue weighted by Crippen LogP contribution is -2.53. The van der Waals surface area contributed by atoms with Gasteiger partial charge in [-0.25, -0.2) is 0 Å². The van der Waals surface area contributed by atoms with E-state index in [2.05, 4.69) is 78.0 Å². The molecular formula is C19H34N2. The maximum Gasteiger partial charge on any atom is 0.0509 e. The Hall–Kier alpha value is -0.860. The fourth-order valence-corrected chi connectivity index (χ4v) is 3.64. The van der Waals surface area contributed by atoms with Gasteiger partial charge in [0.2, 0.25) is 0 Å². The molecule has 21 heavy (non-hydrogen) atoms. The lowest BCUT2D eigenvalue weighted by molar-refractivity contribution is 0.0886. The molecule has 0 saturated heterocycles. The fraction of sp³-hybridized carbons (Fsp3) is 0.684. The summed E-state index contributed by atoms with van der Waals surface area (Å²) in [5.41, 5.74) is 5.78. The minimum absolute atomic E-state index is 0.155. The summed E-state index contributed by atoms with van der Waals surface area (Å²) in [4.78, 5) is 2.41. The highest BCUT2D eigenvalue weighted by molar-refractivity contribution is 5.39. The number of likely N-dealkylation sites (N-methyl/N-ethyl adjacent to an activating group) is 2. The van der Waals surface area contributed by atoms with Crippen molar-refractivity contribution in [2.24, 2.45) is 0 Å². The van der Waals surface area contributed by atoms with Crippen LogP contribution in [0.5, 0.6) is 0 Å². The zero-order valence-electron chi connectivity index (χ0n) is 15.3. The van der Waals surface area contributed by atoms with Crippen LogP contribution in [0.25, 0.3) is 0 Å². The third-order valence-corrected chi connectivity index (χ3v) is 5.25. The van der Waals surface area contributed by atoms with E-state index < -0.39 is 0 Å². The molecule has 1 atom stereocenters. The molecule has 0 fully saturated rings. The number of benzene rings is 1. The molecule has 0 radical (unpaired) electrons. The number of hydrogen-bond donors (Lipinski definition) is 1. The summed E-state index contributed by atoms with van der Waals surface area (Å²) in [6.45, 7) is 14.5. The first-order valence-corrected chi connectivity index (χ1v) is 8.32. The Morgan fingerprint density at radius 1 is 0.952 bits per heavy atom. The SMILES string of the molecule is CCNC(c1cc(C)c(C)cc1C)C(CC)(CC)N(C)C. The largest absolute Gasteiger partial charge is 0.309 e. The van der Waals surface area contributed by atoms with Crippen LogP contribution in [-0.2, 0) is 0 Å². The highest BCUT2D eigenvalue weighted by Crippen LogP contribution is 2.38. The van der Waals surface area contributed by atoms with Gasteiger partial charge in [0.25, 0.3) is 0 Å². The first-order valence-electron chi connectivity index (χ1n) is 8.32. The van der Waals surface area contributed by atoms with Crippen molar-refractivity contribution in [2.75, 3.05) is 20.6 Å². The van der Waals surface area contributed by atoms with Crippen LogP contribution >= 0.6 is 0 Å². The number of nitrogens with one attached hydrogen (secondary N) is 1. The van der Waals surface area contributed by atoms with E-state index in [9.17, 15) is 0 Å². The normalized spacial score (nSPS) is 13.8. The maximum absolute atomic E-state index is 3.77. The highest BCUT2D eigenvalue weighted by atomic mass is 15.2. The number of nitrogens with zero attached hydrogens (tertiary/aromatic N) is 1. The summed E-state index contributed by atoms with van der Waals surface area (Å²) in [6, 6.07) is 5.09. The van der Waals surface area contributed by atoms with Gasteiger partial charge < -0.3 is 10.2 Å². The Balaban J connectivity index is 3.44. The second-order valence-corrected chi connectivity index (χ2v) is 6.49. The molecular weight excluding hydrogens is 256 g/mol. The molecule has 0 amide bonds. The van der Waals surface area contributed by atoms with Gasteiger partial charge in [0, 0.05) is 5.54 Å². The summed E-state index contributed by atoms with van der Waals surface area (Å²) >= 11 is 0. The van der Waals surface area contributed by atoms with Gasteiger partial charge in [-0.3, -0.25) is 0 Å². The van der Waals surface area contributed by atoms with Crippen LogP contribution in [0, 0.1) is 20.8 Å². The van der Waals surface area contributed by atoms with Gasteiger partial charge in [-0.05, 0) is 76.5 Å². The van der Waals surface area contributed by atoms with Gasteiger partial charge in [-0.2, -0.15) is 0 Å². The summed E-state index contributed by atoms with van der Waals surface area (Å²) in [6.07, 6.45) is 2.28. The van der Waals surface area contributed by atoms with Crippen molar-refractivity contribution in [2.45, 2.75) is 66.0 Å². The molecule has 0 saturated carbocycles. The van der Waals surface area contributed by atoms with Crippen LogP contribution in [0.3, 0.4) is 0 Å². The molecule has 120 valence electrons. The molecule has 2 heteroatoms. The average molecular weight is 290 g/mol. The first kappa shape index (κ1) is 18.2. The van der Waals surface area contributed by atoms with E-state index in [-0.39, 0.29) is 5.54 Å². The van der Waals surface area contributed by atoms with Crippen LogP contribution < -0.4 is 5.32 Å². The second kappa shape index (κ2) is 7.42. The van der Waals surface area contributed by atoms with Gasteiger partial charge in [0.1, 0.15) is 0 Å². The molecule has 0 heterocycles. The average Bonchev–Trinajstić information content (AvgIpc) is 2.43. The van der Waals surface area contributed by atoms with Crippen molar-refractivity contribution >= 4 is 0 Å². The van der Waals surface area contributed by atoms with Gasteiger partial charge >= 0.3 is 0 Å². The predicted octanol–water partition coefficient (Wildman–Crippen LogP) is 4.38. The minimum Gasteiger partial charge on any atom is -0.309 e. The lowest BCUT2D eigenvalue weighted by Gasteiger charge is -2.46. The van der Waals surface area contributed by atoms with Crippen LogP contribution in [0.2, 0.25) is 0 Å². The van der Waals surface area contributed by atoms with Crippen LogP contribution in [0.4, 0.5) is 0 Å². The van der Waals surface area contributed by atoms with Crippen molar-refractivity contribution < 1.29 is 0 Å². The van der Waals surface area contributed by atoms with Gasteiger partial charge in [0.15, 0.2) is 0 Å². The summed E-state index contributed by atoms with van der Waals surface area (Å²) in [7, 11) is 4.43. The zero-order chi connectivity index (χ0) is 16.2. The Bertz CT molecular complexity index is 459. The predicted molar refractivity (Wildman–Crippen MR) is 94.1 cm³/mol. The van der Waals surface area contributed by atoms with E-state index in [0.29, 0.717) is 6.04 Å². The molecule has 0 aliphatic carbocycles. The Morgan fingerprint density at radius 2 is 1.48 bits per heavy atom. The second-order valence-electron chi connectivity index (χ2n) is 6.49. The Morgan fingerprint density at radius 3 is 1.90 bits per heavy atom. The first-order chi connectivity index (χ1) is 9.83. The molecule has 1 aromatic carbocycles. The summed E-state index contributed by atoms with van der Waals surface area (Å²) < 4.78 is 0. The third-order valence-electron chi connectivity index (χ3n) is 5.25. The van der Waals surface area contributed by atoms with Crippen molar-refractivity contribution in [1.82, 2.24) is 10.2 Å². The van der Waals surface area contributed by atoms with Crippen molar-refractivity contribution in [3.63, 3.8) is 0 Å². The van der Waals surface area contributed by atoms with E-state index in [1.54, 1.807) is 0 Å². The van der Waals surface area contributed by atoms with Crippen molar-refractivity contribution in [3.8, 4) is 0 Å². The monoisotopic (exact) mass is 290 g/mol. The summed E-state index contributed by atoms with van der Waals surface area (Å²) in [5.74, 6) is 0. The van der Waals surface area contributed by atoms with Crippen LogP contribution in [-0.4, -0.2) is 31.1 Å². The number of aryl methyl sites for hydroxylation is 3. The molecule has 0 aliphatic heterocycles. The molecule has 1 rings (SSSR count). The molecule has 1 aromatic rings. The minimum atomic E-state index is 0.155. The molecule has 0 aromatic heterocycles. The van der Waals surface area contributed by atoms with E-state index in [1.165, 1.54) is 22.3 Å². The fourth-order valence-electron chi connectivity index (χ4n) is 3.64. The van der Waals surface area contributed by atoms with E-state index in [1.807, 2.05) is 0 Å². The van der Waals surface area contributed by atoms with Crippen LogP contribution in [0.15, 0.2) is 12.1 Å². The van der Waals surface area contributed by atoms with Gasteiger partial charge in [-0.1, -0.05) is 32.9 Å². The smallest absolute Gasteiger partial charge is 0.0509 e. The van der Waals surface area contributed by atoms with Gasteiger partial charge in [-0.15, -0.1) is 0 Å². The molecule has 2 nitrogen and oxygen atoms in total. The lowest BCUT2D eigenvalue weighted by atomic mass is 9.77. The van der Waals surface area contributed by atoms with E-state index in [0.717, 1.165) is 19.4 Å². The van der Waals surface area contributed by atoms with Crippen LogP contribution in [0.1, 0.15) is 61.9 Å². The maximum atomic E-state index is 3.77. The van der Waals surface area contributed by atoms with Gasteiger partial charge in [0.05, 0.1) is 6.04 Å². The van der Waals surface area contributed by atoms with E-state index in [4.69, 9.17) is 0 Å². The summed E-state index contributed by atoms with van der Waals surface area (Å²) in [5, 5.41) is 3.77. The highest BCUT2D eigenvalue weighted by Gasteiger charge is 2.39. The quantitative estimate of drug-likeness (QED) is 0.801. The number of rotatable bonds is 7. The Kier molecular flexibility index (Phi) is 6.42. The third kappa shape index (κ3) is 3.49. The molecule has 0 spiro atoms. The van der Waals surface area contributed by atoms with E-state index >= 15 is 0 Å². The molecule has 1 unspecified atom stereocenters. The Labute approximate surface area is 131 Å².